The van der Waals surface area contributed by atoms with Crippen LogP contribution in [-0.4, -0.2) is 27.0 Å². The summed E-state index contributed by atoms with van der Waals surface area (Å²) in [6, 6.07) is 20.0. The van der Waals surface area contributed by atoms with Gasteiger partial charge in [0.1, 0.15) is 0 Å². The fraction of sp³-hybridized carbons (Fsp3) is 0.143. The van der Waals surface area contributed by atoms with Crippen molar-refractivity contribution >= 4 is 91.8 Å². The second-order valence-corrected chi connectivity index (χ2v) is 11.8. The molecular formula is C28H24Cl2N4O2S3. The molecule has 6 nitrogen and oxygen atoms in total. The number of benzene rings is 3. The zero-order chi connectivity index (χ0) is 27.9. The minimum absolute atomic E-state index is 0.00915. The smallest absolute Gasteiger partial charge is 0.239 e. The monoisotopic (exact) mass is 614 g/mol. The largest absolute Gasteiger partial charge is 0.332 e. The summed E-state index contributed by atoms with van der Waals surface area (Å²) in [6.45, 7) is 3.50. The van der Waals surface area contributed by atoms with E-state index in [1.807, 2.05) is 42.6 Å². The number of hydrogen-bond donors (Lipinski definition) is 3. The quantitative estimate of drug-likeness (QED) is 0.0988. The number of carbonyl (C=O) groups excluding carboxylic acids is 2. The Balaban J connectivity index is 1.36. The van der Waals surface area contributed by atoms with E-state index in [1.165, 1.54) is 30.0 Å². The lowest BCUT2D eigenvalue weighted by Gasteiger charge is -2.15. The summed E-state index contributed by atoms with van der Waals surface area (Å²) in [5.41, 5.74) is 3.63. The van der Waals surface area contributed by atoms with E-state index in [9.17, 15) is 9.59 Å². The number of aromatic nitrogens is 1. The van der Waals surface area contributed by atoms with Crippen LogP contribution >= 0.6 is 58.5 Å². The minimum Gasteiger partial charge on any atom is -0.332 e. The molecule has 4 rings (SSSR count). The molecule has 0 spiro atoms. The average molecular weight is 616 g/mol. The fourth-order valence-corrected chi connectivity index (χ4v) is 6.02. The number of thioether (sulfide) groups is 1. The summed E-state index contributed by atoms with van der Waals surface area (Å²) >= 11 is 20.5. The number of amides is 1. The summed E-state index contributed by atoms with van der Waals surface area (Å²) < 4.78 is 0. The first-order valence-electron chi connectivity index (χ1n) is 11.9. The number of ketones is 1. The Morgan fingerprint density at radius 3 is 2.44 bits per heavy atom. The Labute approximate surface area is 250 Å². The number of carbonyl (C=O) groups is 2. The Bertz CT molecular complexity index is 1510. The normalized spacial score (nSPS) is 11.5. The van der Waals surface area contributed by atoms with Gasteiger partial charge in [-0.3, -0.25) is 9.59 Å². The van der Waals surface area contributed by atoms with E-state index in [0.29, 0.717) is 38.0 Å². The lowest BCUT2D eigenvalue weighted by Crippen LogP contribution is -2.24. The Hall–Kier alpha value is -2.95. The van der Waals surface area contributed by atoms with E-state index >= 15 is 0 Å². The molecule has 0 bridgehead atoms. The van der Waals surface area contributed by atoms with Crippen molar-refractivity contribution in [2.75, 3.05) is 16.0 Å². The lowest BCUT2D eigenvalue weighted by molar-refractivity contribution is -0.115. The Morgan fingerprint density at radius 1 is 1.00 bits per heavy atom. The first kappa shape index (κ1) is 29.0. The third-order valence-corrected chi connectivity index (χ3v) is 8.39. The van der Waals surface area contributed by atoms with Crippen molar-refractivity contribution in [1.82, 2.24) is 4.98 Å². The molecule has 11 heteroatoms. The molecule has 4 aromatic rings. The highest BCUT2D eigenvalue weighted by molar-refractivity contribution is 8.00. The minimum atomic E-state index is -0.323. The van der Waals surface area contributed by atoms with Gasteiger partial charge in [-0.1, -0.05) is 36.2 Å². The van der Waals surface area contributed by atoms with Gasteiger partial charge in [0.25, 0.3) is 0 Å². The van der Waals surface area contributed by atoms with Gasteiger partial charge in [0.2, 0.25) is 5.91 Å². The van der Waals surface area contributed by atoms with E-state index in [1.54, 1.807) is 36.4 Å². The second-order valence-electron chi connectivity index (χ2n) is 8.41. The van der Waals surface area contributed by atoms with Crippen LogP contribution in [-0.2, 0) is 4.79 Å². The third-order valence-electron chi connectivity index (χ3n) is 5.52. The SMILES string of the molecule is CCC(Sc1cccc(NC(=S)Nc2ccc(C(C)=O)cc2)c1)C(=O)Nc1nc(-c2ccc(Cl)cc2Cl)cs1. The molecule has 0 fully saturated rings. The standard InChI is InChI=1S/C28H24Cl2N4O2S3/c1-3-25(26(36)34-28-33-24(15-38-28)22-12-9-18(29)13-23(22)30)39-21-6-4-5-20(14-21)32-27(37)31-19-10-7-17(8-11-19)16(2)35/h4-15,25H,3H2,1-2H3,(H2,31,32,37)(H,33,34,36). The zero-order valence-corrected chi connectivity index (χ0v) is 24.9. The van der Waals surface area contributed by atoms with Crippen molar-refractivity contribution in [1.29, 1.82) is 0 Å². The first-order chi connectivity index (χ1) is 18.7. The third kappa shape index (κ3) is 8.03. The molecule has 1 heterocycles. The molecule has 0 saturated carbocycles. The number of anilines is 3. The van der Waals surface area contributed by atoms with Crippen LogP contribution in [0.15, 0.2) is 77.0 Å². The molecule has 39 heavy (non-hydrogen) atoms. The van der Waals surface area contributed by atoms with Crippen LogP contribution in [0.25, 0.3) is 11.3 Å². The van der Waals surface area contributed by atoms with Gasteiger partial charge < -0.3 is 16.0 Å². The Kier molecular flexibility index (Phi) is 9.99. The van der Waals surface area contributed by atoms with Gasteiger partial charge >= 0.3 is 0 Å². The molecule has 3 N–H and O–H groups in total. The first-order valence-corrected chi connectivity index (χ1v) is 14.8. The van der Waals surface area contributed by atoms with Crippen molar-refractivity contribution in [3.05, 3.63) is 87.7 Å². The van der Waals surface area contributed by atoms with Gasteiger partial charge in [-0.2, -0.15) is 0 Å². The van der Waals surface area contributed by atoms with Crippen LogP contribution in [0, 0.1) is 0 Å². The van der Waals surface area contributed by atoms with Gasteiger partial charge in [0.05, 0.1) is 16.0 Å². The molecule has 200 valence electrons. The van der Waals surface area contributed by atoms with Crippen molar-refractivity contribution in [2.24, 2.45) is 0 Å². The van der Waals surface area contributed by atoms with Gasteiger partial charge in [-0.15, -0.1) is 23.1 Å². The molecule has 0 radical (unpaired) electrons. The van der Waals surface area contributed by atoms with Crippen LogP contribution in [0.4, 0.5) is 16.5 Å². The van der Waals surface area contributed by atoms with Crippen LogP contribution in [0.5, 0.6) is 0 Å². The van der Waals surface area contributed by atoms with Gasteiger partial charge in [-0.05, 0) is 86.2 Å². The van der Waals surface area contributed by atoms with Crippen molar-refractivity contribution in [3.8, 4) is 11.3 Å². The number of hydrogen-bond acceptors (Lipinski definition) is 6. The summed E-state index contributed by atoms with van der Waals surface area (Å²) in [6.07, 6.45) is 0.631. The predicted molar refractivity (Wildman–Crippen MR) is 169 cm³/mol. The summed E-state index contributed by atoms with van der Waals surface area (Å²) in [5.74, 6) is -0.120. The predicted octanol–water partition coefficient (Wildman–Crippen LogP) is 8.64. The Morgan fingerprint density at radius 2 is 1.74 bits per heavy atom. The maximum Gasteiger partial charge on any atom is 0.239 e. The highest BCUT2D eigenvalue weighted by Gasteiger charge is 2.20. The molecular weight excluding hydrogens is 591 g/mol. The molecule has 1 atom stereocenters. The molecule has 0 aliphatic heterocycles. The molecule has 1 amide bonds. The van der Waals surface area contributed by atoms with E-state index in [2.05, 4.69) is 20.9 Å². The van der Waals surface area contributed by atoms with Gasteiger partial charge in [0, 0.05) is 37.8 Å². The van der Waals surface area contributed by atoms with Crippen molar-refractivity contribution in [2.45, 2.75) is 30.4 Å². The average Bonchev–Trinajstić information content (AvgIpc) is 3.35. The van der Waals surface area contributed by atoms with E-state index < -0.39 is 0 Å². The number of nitrogens with zero attached hydrogens (tertiary/aromatic N) is 1. The number of nitrogens with one attached hydrogen (secondary N) is 3. The maximum absolute atomic E-state index is 13.1. The zero-order valence-electron chi connectivity index (χ0n) is 21.0. The van der Waals surface area contributed by atoms with E-state index in [-0.39, 0.29) is 16.9 Å². The molecule has 1 unspecified atom stereocenters. The second kappa shape index (κ2) is 13.4. The topological polar surface area (TPSA) is 83.1 Å². The van der Waals surface area contributed by atoms with Crippen LogP contribution < -0.4 is 16.0 Å². The molecule has 3 aromatic carbocycles. The van der Waals surface area contributed by atoms with Gasteiger partial charge in [0.15, 0.2) is 16.0 Å². The number of thiazole rings is 1. The van der Waals surface area contributed by atoms with Crippen LogP contribution in [0.3, 0.4) is 0 Å². The van der Waals surface area contributed by atoms with E-state index in [0.717, 1.165) is 21.8 Å². The number of rotatable bonds is 9. The van der Waals surface area contributed by atoms with E-state index in [4.69, 9.17) is 35.4 Å². The fourth-order valence-electron chi connectivity index (χ4n) is 3.55. The molecule has 1 aromatic heterocycles. The molecule has 0 aliphatic carbocycles. The van der Waals surface area contributed by atoms with Crippen molar-refractivity contribution < 1.29 is 9.59 Å². The molecule has 0 aliphatic rings. The highest BCUT2D eigenvalue weighted by atomic mass is 35.5. The van der Waals surface area contributed by atoms with Crippen molar-refractivity contribution in [3.63, 3.8) is 0 Å². The number of thiocarbonyl (C=S) groups is 1. The summed E-state index contributed by atoms with van der Waals surface area (Å²) in [4.78, 5) is 30.0. The summed E-state index contributed by atoms with van der Waals surface area (Å²) in [5, 5.41) is 12.7. The summed E-state index contributed by atoms with van der Waals surface area (Å²) in [7, 11) is 0. The van der Waals surface area contributed by atoms with Gasteiger partial charge in [-0.25, -0.2) is 4.98 Å². The highest BCUT2D eigenvalue weighted by Crippen LogP contribution is 2.33. The van der Waals surface area contributed by atoms with Crippen LogP contribution in [0.2, 0.25) is 10.0 Å². The maximum atomic E-state index is 13.1. The number of halogens is 2. The molecule has 0 saturated heterocycles. The van der Waals surface area contributed by atoms with Crippen LogP contribution in [0.1, 0.15) is 30.6 Å². The number of Topliss-reactive ketones (excluding diaryl/α,β-unsaturated/α-hetero) is 1. The lowest BCUT2D eigenvalue weighted by atomic mass is 10.1.